The van der Waals surface area contributed by atoms with Crippen molar-refractivity contribution in [3.05, 3.63) is 65.5 Å². The van der Waals surface area contributed by atoms with Crippen LogP contribution in [0.4, 0.5) is 10.1 Å². The molecule has 4 heteroatoms. The van der Waals surface area contributed by atoms with E-state index in [1.165, 1.54) is 17.0 Å². The van der Waals surface area contributed by atoms with E-state index in [-0.39, 0.29) is 18.5 Å². The van der Waals surface area contributed by atoms with Crippen molar-refractivity contribution in [2.24, 2.45) is 0 Å². The van der Waals surface area contributed by atoms with Crippen LogP contribution in [0, 0.1) is 24.1 Å². The Hall–Kier alpha value is -2.67. The van der Waals surface area contributed by atoms with E-state index in [1.54, 1.807) is 37.3 Å². The first kappa shape index (κ1) is 14.7. The first-order valence-electron chi connectivity index (χ1n) is 6.63. The van der Waals surface area contributed by atoms with Crippen LogP contribution in [-0.4, -0.2) is 12.5 Å². The molecular weight excluding hydrogens is 267 g/mol. The van der Waals surface area contributed by atoms with Crippen molar-refractivity contribution >= 4 is 11.6 Å². The lowest BCUT2D eigenvalue weighted by atomic mass is 10.1. The molecule has 0 aliphatic heterocycles. The Labute approximate surface area is 123 Å². The molecule has 0 saturated carbocycles. The van der Waals surface area contributed by atoms with Gasteiger partial charge in [-0.05, 0) is 36.8 Å². The highest BCUT2D eigenvalue weighted by Gasteiger charge is 2.20. The van der Waals surface area contributed by atoms with Crippen LogP contribution in [-0.2, 0) is 0 Å². The summed E-state index contributed by atoms with van der Waals surface area (Å²) in [7, 11) is 0. The minimum Gasteiger partial charge on any atom is -0.307 e. The van der Waals surface area contributed by atoms with Crippen molar-refractivity contribution in [2.75, 3.05) is 11.4 Å². The molecule has 0 aliphatic carbocycles. The normalized spacial score (nSPS) is 9.95. The van der Waals surface area contributed by atoms with E-state index < -0.39 is 11.7 Å². The summed E-state index contributed by atoms with van der Waals surface area (Å²) in [6.07, 6.45) is 0.189. The maximum absolute atomic E-state index is 14.0. The molecule has 0 bridgehead atoms. The van der Waals surface area contributed by atoms with E-state index >= 15 is 0 Å². The van der Waals surface area contributed by atoms with Gasteiger partial charge in [0.15, 0.2) is 0 Å². The maximum Gasteiger partial charge on any atom is 0.261 e. The van der Waals surface area contributed by atoms with Crippen LogP contribution in [0.25, 0.3) is 0 Å². The van der Waals surface area contributed by atoms with Gasteiger partial charge in [0.25, 0.3) is 5.91 Å². The number of hydrogen-bond donors (Lipinski definition) is 0. The van der Waals surface area contributed by atoms with Crippen LogP contribution in [0.1, 0.15) is 22.3 Å². The van der Waals surface area contributed by atoms with Gasteiger partial charge in [-0.3, -0.25) is 4.79 Å². The van der Waals surface area contributed by atoms with Crippen molar-refractivity contribution < 1.29 is 9.18 Å². The van der Waals surface area contributed by atoms with Gasteiger partial charge in [0.2, 0.25) is 0 Å². The zero-order valence-electron chi connectivity index (χ0n) is 11.7. The molecule has 0 unspecified atom stereocenters. The lowest BCUT2D eigenvalue weighted by molar-refractivity contribution is 0.0983. The summed E-state index contributed by atoms with van der Waals surface area (Å²) >= 11 is 0. The predicted octanol–water partition coefficient (Wildman–Crippen LogP) is 3.69. The van der Waals surface area contributed by atoms with Gasteiger partial charge < -0.3 is 4.90 Å². The van der Waals surface area contributed by atoms with Gasteiger partial charge in [-0.15, -0.1) is 0 Å². The number of rotatable bonds is 4. The second-order valence-corrected chi connectivity index (χ2v) is 4.68. The quantitative estimate of drug-likeness (QED) is 0.858. The highest BCUT2D eigenvalue weighted by atomic mass is 19.1. The SMILES string of the molecule is Cc1ccc(C(=O)N(CCC#N)c2ccccc2)c(F)c1. The van der Waals surface area contributed by atoms with Crippen molar-refractivity contribution in [1.82, 2.24) is 0 Å². The van der Waals surface area contributed by atoms with Gasteiger partial charge >= 0.3 is 0 Å². The number of hydrogen-bond acceptors (Lipinski definition) is 2. The van der Waals surface area contributed by atoms with Crippen LogP contribution >= 0.6 is 0 Å². The molecule has 0 saturated heterocycles. The number of amides is 1. The summed E-state index contributed by atoms with van der Waals surface area (Å²) in [6.45, 7) is 1.99. The minimum absolute atomic E-state index is 0.0161. The van der Waals surface area contributed by atoms with Crippen LogP contribution in [0.3, 0.4) is 0 Å². The lowest BCUT2D eigenvalue weighted by Crippen LogP contribution is -2.32. The number of para-hydroxylation sites is 1. The van der Waals surface area contributed by atoms with Crippen molar-refractivity contribution in [3.8, 4) is 6.07 Å². The fourth-order valence-corrected chi connectivity index (χ4v) is 2.06. The third kappa shape index (κ3) is 3.46. The summed E-state index contributed by atoms with van der Waals surface area (Å²) < 4.78 is 14.0. The number of carbonyl (C=O) groups is 1. The van der Waals surface area contributed by atoms with Gasteiger partial charge in [-0.1, -0.05) is 24.3 Å². The fraction of sp³-hybridized carbons (Fsp3) is 0.176. The second-order valence-electron chi connectivity index (χ2n) is 4.68. The number of benzene rings is 2. The molecule has 0 atom stereocenters. The summed E-state index contributed by atoms with van der Waals surface area (Å²) in [5, 5.41) is 8.74. The topological polar surface area (TPSA) is 44.1 Å². The standard InChI is InChI=1S/C17H15FN2O/c1-13-8-9-15(16(18)12-13)17(21)20(11-5-10-19)14-6-3-2-4-7-14/h2-4,6-9,12H,5,11H2,1H3. The molecular formula is C17H15FN2O. The van der Waals surface area contributed by atoms with E-state index in [0.29, 0.717) is 5.69 Å². The van der Waals surface area contributed by atoms with Crippen LogP contribution in [0.15, 0.2) is 48.5 Å². The molecule has 106 valence electrons. The highest BCUT2D eigenvalue weighted by Crippen LogP contribution is 2.19. The molecule has 0 radical (unpaired) electrons. The average Bonchev–Trinajstić information content (AvgIpc) is 2.48. The van der Waals surface area contributed by atoms with E-state index in [9.17, 15) is 9.18 Å². The molecule has 3 nitrogen and oxygen atoms in total. The van der Waals surface area contributed by atoms with E-state index in [2.05, 4.69) is 0 Å². The molecule has 0 aromatic heterocycles. The molecule has 1 amide bonds. The average molecular weight is 282 g/mol. The number of anilines is 1. The summed E-state index contributed by atoms with van der Waals surface area (Å²) in [4.78, 5) is 14.0. The molecule has 0 fully saturated rings. The molecule has 2 aromatic rings. The molecule has 0 aliphatic rings. The fourth-order valence-electron chi connectivity index (χ4n) is 2.06. The Morgan fingerprint density at radius 1 is 1.24 bits per heavy atom. The number of halogens is 1. The number of aryl methyl sites for hydroxylation is 1. The van der Waals surface area contributed by atoms with E-state index in [1.807, 2.05) is 12.1 Å². The van der Waals surface area contributed by atoms with Crippen molar-refractivity contribution in [1.29, 1.82) is 5.26 Å². The van der Waals surface area contributed by atoms with Crippen LogP contribution < -0.4 is 4.90 Å². The first-order chi connectivity index (χ1) is 10.1. The Balaban J connectivity index is 2.37. The molecule has 0 spiro atoms. The largest absolute Gasteiger partial charge is 0.307 e. The van der Waals surface area contributed by atoms with Crippen LogP contribution in [0.5, 0.6) is 0 Å². The lowest BCUT2D eigenvalue weighted by Gasteiger charge is -2.22. The minimum atomic E-state index is -0.544. The Morgan fingerprint density at radius 3 is 2.57 bits per heavy atom. The Bertz CT molecular complexity index is 677. The first-order valence-corrected chi connectivity index (χ1v) is 6.63. The van der Waals surface area contributed by atoms with Gasteiger partial charge in [0, 0.05) is 12.2 Å². The summed E-state index contributed by atoms with van der Waals surface area (Å²) in [6, 6.07) is 15.5. The highest BCUT2D eigenvalue weighted by molar-refractivity contribution is 6.06. The molecule has 0 heterocycles. The zero-order chi connectivity index (χ0) is 15.2. The second kappa shape index (κ2) is 6.67. The molecule has 21 heavy (non-hydrogen) atoms. The molecule has 2 aromatic carbocycles. The third-order valence-corrected chi connectivity index (χ3v) is 3.12. The van der Waals surface area contributed by atoms with Gasteiger partial charge in [0.05, 0.1) is 18.1 Å². The monoisotopic (exact) mass is 282 g/mol. The van der Waals surface area contributed by atoms with Gasteiger partial charge in [-0.2, -0.15) is 5.26 Å². The number of carbonyl (C=O) groups excluding carboxylic acids is 1. The molecule has 2 rings (SSSR count). The van der Waals surface area contributed by atoms with Gasteiger partial charge in [0.1, 0.15) is 5.82 Å². The van der Waals surface area contributed by atoms with E-state index in [4.69, 9.17) is 5.26 Å². The van der Waals surface area contributed by atoms with E-state index in [0.717, 1.165) is 5.56 Å². The van der Waals surface area contributed by atoms with Crippen LogP contribution in [0.2, 0.25) is 0 Å². The summed E-state index contributed by atoms with van der Waals surface area (Å²) in [5.74, 6) is -0.980. The summed E-state index contributed by atoms with van der Waals surface area (Å²) in [5.41, 5.74) is 1.42. The predicted molar refractivity (Wildman–Crippen MR) is 79.5 cm³/mol. The third-order valence-electron chi connectivity index (χ3n) is 3.12. The van der Waals surface area contributed by atoms with Crippen molar-refractivity contribution in [3.63, 3.8) is 0 Å². The molecule has 0 N–H and O–H groups in total. The maximum atomic E-state index is 14.0. The zero-order valence-corrected chi connectivity index (χ0v) is 11.7. The van der Waals surface area contributed by atoms with Gasteiger partial charge in [-0.25, -0.2) is 4.39 Å². The smallest absolute Gasteiger partial charge is 0.261 e. The number of nitriles is 1. The van der Waals surface area contributed by atoms with Crippen molar-refractivity contribution in [2.45, 2.75) is 13.3 Å². The Kier molecular flexibility index (Phi) is 4.68. The Morgan fingerprint density at radius 2 is 1.95 bits per heavy atom. The number of nitrogens with zero attached hydrogens (tertiary/aromatic N) is 2.